The molecule has 134 valence electrons. The Morgan fingerprint density at radius 2 is 1.92 bits per heavy atom. The van der Waals surface area contributed by atoms with Gasteiger partial charge in [-0.2, -0.15) is 0 Å². The van der Waals surface area contributed by atoms with E-state index in [1.807, 2.05) is 38.1 Å². The van der Waals surface area contributed by atoms with Gasteiger partial charge in [0.25, 0.3) is 11.2 Å². The van der Waals surface area contributed by atoms with Gasteiger partial charge in [0.15, 0.2) is 5.16 Å². The van der Waals surface area contributed by atoms with Crippen molar-refractivity contribution in [3.8, 4) is 0 Å². The minimum atomic E-state index is -0.373. The van der Waals surface area contributed by atoms with Crippen LogP contribution in [0, 0.1) is 17.0 Å². The number of hydrogen-bond donors (Lipinski definition) is 0. The summed E-state index contributed by atoms with van der Waals surface area (Å²) in [6, 6.07) is 12.3. The Labute approximate surface area is 155 Å². The molecule has 0 saturated heterocycles. The fourth-order valence-electron chi connectivity index (χ4n) is 2.85. The Bertz CT molecular complexity index is 1040. The predicted octanol–water partition coefficient (Wildman–Crippen LogP) is 4.49. The van der Waals surface area contributed by atoms with E-state index in [9.17, 15) is 14.9 Å². The molecule has 0 spiro atoms. The molecule has 0 atom stereocenters. The summed E-state index contributed by atoms with van der Waals surface area (Å²) < 4.78 is 1.68. The highest BCUT2D eigenvalue weighted by Gasteiger charge is 2.16. The first-order valence-electron chi connectivity index (χ1n) is 8.27. The molecule has 26 heavy (non-hydrogen) atoms. The van der Waals surface area contributed by atoms with Crippen LogP contribution in [0.1, 0.15) is 31.0 Å². The van der Waals surface area contributed by atoms with Crippen molar-refractivity contribution in [3.63, 3.8) is 0 Å². The molecule has 0 aliphatic rings. The number of aromatic nitrogens is 2. The molecule has 6 nitrogen and oxygen atoms in total. The number of hydrogen-bond acceptors (Lipinski definition) is 5. The summed E-state index contributed by atoms with van der Waals surface area (Å²) in [7, 11) is 0. The minimum Gasteiger partial charge on any atom is -0.285 e. The van der Waals surface area contributed by atoms with Crippen LogP contribution in [-0.4, -0.2) is 14.5 Å². The van der Waals surface area contributed by atoms with Crippen molar-refractivity contribution >= 4 is 28.4 Å². The van der Waals surface area contributed by atoms with Gasteiger partial charge in [-0.05, 0) is 38.5 Å². The smallest absolute Gasteiger partial charge is 0.272 e. The largest absolute Gasteiger partial charge is 0.285 e. The van der Waals surface area contributed by atoms with Crippen LogP contribution in [-0.2, 0) is 5.75 Å². The second-order valence-corrected chi connectivity index (χ2v) is 7.23. The van der Waals surface area contributed by atoms with Gasteiger partial charge in [-0.15, -0.1) is 0 Å². The quantitative estimate of drug-likeness (QED) is 0.287. The molecule has 0 saturated carbocycles. The van der Waals surface area contributed by atoms with E-state index in [0.717, 1.165) is 5.56 Å². The van der Waals surface area contributed by atoms with Gasteiger partial charge >= 0.3 is 0 Å². The number of rotatable bonds is 5. The third kappa shape index (κ3) is 3.35. The number of fused-ring (bicyclic) bond motifs is 1. The van der Waals surface area contributed by atoms with Crippen LogP contribution in [0.25, 0.3) is 10.9 Å². The zero-order valence-electron chi connectivity index (χ0n) is 14.8. The summed E-state index contributed by atoms with van der Waals surface area (Å²) in [5, 5.41) is 12.3. The van der Waals surface area contributed by atoms with Crippen molar-refractivity contribution in [2.75, 3.05) is 0 Å². The van der Waals surface area contributed by atoms with Crippen molar-refractivity contribution in [3.05, 3.63) is 74.1 Å². The fourth-order valence-corrected chi connectivity index (χ4v) is 4.04. The number of nitro groups is 1. The summed E-state index contributed by atoms with van der Waals surface area (Å²) in [5.74, 6) is 0.505. The van der Waals surface area contributed by atoms with Gasteiger partial charge in [0, 0.05) is 23.4 Å². The molecule has 0 unspecified atom stereocenters. The molecular formula is C19H19N3O3S. The Morgan fingerprint density at radius 3 is 2.62 bits per heavy atom. The molecule has 3 rings (SSSR count). The summed E-state index contributed by atoms with van der Waals surface area (Å²) >= 11 is 1.42. The third-order valence-electron chi connectivity index (χ3n) is 4.26. The normalized spacial score (nSPS) is 11.2. The van der Waals surface area contributed by atoms with Crippen LogP contribution in [0.3, 0.4) is 0 Å². The van der Waals surface area contributed by atoms with Crippen LogP contribution in [0.2, 0.25) is 0 Å². The Kier molecular flexibility index (Phi) is 5.08. The SMILES string of the molecule is Cc1c(CSc2nc3ccccc3c(=O)n2C(C)C)cccc1[N+](=O)[O-]. The van der Waals surface area contributed by atoms with Crippen molar-refractivity contribution in [2.24, 2.45) is 0 Å². The van der Waals surface area contributed by atoms with Gasteiger partial charge < -0.3 is 0 Å². The van der Waals surface area contributed by atoms with Crippen LogP contribution in [0.4, 0.5) is 5.69 Å². The highest BCUT2D eigenvalue weighted by molar-refractivity contribution is 7.98. The zero-order valence-corrected chi connectivity index (χ0v) is 15.6. The van der Waals surface area contributed by atoms with Gasteiger partial charge in [0.1, 0.15) is 0 Å². The first-order chi connectivity index (χ1) is 12.4. The lowest BCUT2D eigenvalue weighted by atomic mass is 10.1. The molecule has 0 fully saturated rings. The highest BCUT2D eigenvalue weighted by atomic mass is 32.2. The first-order valence-corrected chi connectivity index (χ1v) is 9.25. The molecule has 0 aliphatic heterocycles. The van der Waals surface area contributed by atoms with E-state index in [-0.39, 0.29) is 22.2 Å². The Balaban J connectivity index is 2.02. The maximum atomic E-state index is 12.8. The van der Waals surface area contributed by atoms with Gasteiger partial charge in [-0.25, -0.2) is 4.98 Å². The number of nitrogens with zero attached hydrogens (tertiary/aromatic N) is 3. The molecule has 3 aromatic rings. The number of nitro benzene ring substituents is 1. The molecule has 0 amide bonds. The van der Waals surface area contributed by atoms with E-state index in [4.69, 9.17) is 0 Å². The second-order valence-electron chi connectivity index (χ2n) is 6.29. The van der Waals surface area contributed by atoms with E-state index < -0.39 is 0 Å². The van der Waals surface area contributed by atoms with E-state index in [1.54, 1.807) is 23.6 Å². The lowest BCUT2D eigenvalue weighted by Gasteiger charge is -2.16. The highest BCUT2D eigenvalue weighted by Crippen LogP contribution is 2.28. The van der Waals surface area contributed by atoms with Gasteiger partial charge in [0.05, 0.1) is 15.8 Å². The monoisotopic (exact) mass is 369 g/mol. The molecule has 0 N–H and O–H groups in total. The molecule has 7 heteroatoms. The van der Waals surface area contributed by atoms with E-state index in [0.29, 0.717) is 27.4 Å². The molecule has 1 heterocycles. The number of benzene rings is 2. The van der Waals surface area contributed by atoms with Gasteiger partial charge in [0.2, 0.25) is 0 Å². The Hall–Kier alpha value is -2.67. The first kappa shape index (κ1) is 18.1. The standard InChI is InChI=1S/C19H19N3O3S/c1-12(2)21-18(23)15-8-4-5-9-16(15)20-19(21)26-11-14-7-6-10-17(13(14)3)22(24)25/h4-10,12H,11H2,1-3H3. The second kappa shape index (κ2) is 7.29. The summed E-state index contributed by atoms with van der Waals surface area (Å²) in [4.78, 5) is 28.2. The van der Waals surface area contributed by atoms with Crippen molar-refractivity contribution in [2.45, 2.75) is 37.7 Å². The molecule has 2 aromatic carbocycles. The van der Waals surface area contributed by atoms with Gasteiger partial charge in [-0.3, -0.25) is 19.5 Å². The van der Waals surface area contributed by atoms with Gasteiger partial charge in [-0.1, -0.05) is 36.0 Å². The maximum absolute atomic E-state index is 12.8. The average Bonchev–Trinajstić information content (AvgIpc) is 2.60. The Morgan fingerprint density at radius 1 is 1.19 bits per heavy atom. The van der Waals surface area contributed by atoms with Crippen LogP contribution in [0.5, 0.6) is 0 Å². The third-order valence-corrected chi connectivity index (χ3v) is 5.26. The van der Waals surface area contributed by atoms with Crippen molar-refractivity contribution in [1.29, 1.82) is 0 Å². The summed E-state index contributed by atoms with van der Waals surface area (Å²) in [6.07, 6.45) is 0. The molecular weight excluding hydrogens is 350 g/mol. The van der Waals surface area contributed by atoms with E-state index in [2.05, 4.69) is 4.98 Å². The summed E-state index contributed by atoms with van der Waals surface area (Å²) in [6.45, 7) is 5.64. The van der Waals surface area contributed by atoms with Crippen LogP contribution < -0.4 is 5.56 Å². The lowest BCUT2D eigenvalue weighted by molar-refractivity contribution is -0.385. The van der Waals surface area contributed by atoms with E-state index in [1.165, 1.54) is 17.8 Å². The van der Waals surface area contributed by atoms with E-state index >= 15 is 0 Å². The average molecular weight is 369 g/mol. The topological polar surface area (TPSA) is 78.0 Å². The van der Waals surface area contributed by atoms with Crippen molar-refractivity contribution < 1.29 is 4.92 Å². The number of thioether (sulfide) groups is 1. The van der Waals surface area contributed by atoms with Crippen molar-refractivity contribution in [1.82, 2.24) is 9.55 Å². The fraction of sp³-hybridized carbons (Fsp3) is 0.263. The maximum Gasteiger partial charge on any atom is 0.272 e. The molecule has 0 radical (unpaired) electrons. The molecule has 0 aliphatic carbocycles. The predicted molar refractivity (Wildman–Crippen MR) is 104 cm³/mol. The lowest BCUT2D eigenvalue weighted by Crippen LogP contribution is -2.25. The summed E-state index contributed by atoms with van der Waals surface area (Å²) in [5.41, 5.74) is 2.21. The molecule has 1 aromatic heterocycles. The van der Waals surface area contributed by atoms with Crippen LogP contribution in [0.15, 0.2) is 52.4 Å². The zero-order chi connectivity index (χ0) is 18.8. The molecule has 0 bridgehead atoms. The number of para-hydroxylation sites is 1. The minimum absolute atomic E-state index is 0.0340. The van der Waals surface area contributed by atoms with Crippen LogP contribution >= 0.6 is 11.8 Å².